The molecule has 0 saturated carbocycles. The smallest absolute Gasteiger partial charge is 0.118 e. The molecule has 0 aliphatic carbocycles. The third-order valence-corrected chi connectivity index (χ3v) is 2.39. The fourth-order valence-corrected chi connectivity index (χ4v) is 1.37. The summed E-state index contributed by atoms with van der Waals surface area (Å²) in [4.78, 5) is 0. The number of ether oxygens (including phenoxy) is 1. The molecule has 0 unspecified atom stereocenters. The third kappa shape index (κ3) is 4.84. The fraction of sp³-hybridized carbons (Fsp3) is 0.538. The van der Waals surface area contributed by atoms with Crippen LogP contribution in [-0.2, 0) is 6.54 Å². The Hall–Kier alpha value is -1.02. The first-order valence-electron chi connectivity index (χ1n) is 5.56. The molecule has 0 saturated heterocycles. The number of hydrogen-bond donors (Lipinski definition) is 1. The first-order valence-corrected chi connectivity index (χ1v) is 5.56. The van der Waals surface area contributed by atoms with E-state index in [1.54, 1.807) is 7.11 Å². The molecule has 0 heterocycles. The first-order chi connectivity index (χ1) is 7.22. The number of methoxy groups -OCH3 is 1. The SMILES string of the molecule is COc1ccc(CNCCC(C)C)cc1. The van der Waals surface area contributed by atoms with Gasteiger partial charge in [0.2, 0.25) is 0 Å². The lowest BCUT2D eigenvalue weighted by Crippen LogP contribution is -2.16. The van der Waals surface area contributed by atoms with Gasteiger partial charge in [-0.3, -0.25) is 0 Å². The summed E-state index contributed by atoms with van der Waals surface area (Å²) >= 11 is 0. The Morgan fingerprint density at radius 1 is 1.20 bits per heavy atom. The van der Waals surface area contributed by atoms with Crippen LogP contribution < -0.4 is 10.1 Å². The second kappa shape index (κ2) is 6.46. The van der Waals surface area contributed by atoms with E-state index in [0.29, 0.717) is 0 Å². The lowest BCUT2D eigenvalue weighted by atomic mass is 10.1. The highest BCUT2D eigenvalue weighted by molar-refractivity contribution is 5.26. The molecule has 0 aromatic heterocycles. The first kappa shape index (κ1) is 12.1. The Morgan fingerprint density at radius 3 is 2.40 bits per heavy atom. The molecule has 0 aliphatic rings. The van der Waals surface area contributed by atoms with E-state index in [2.05, 4.69) is 31.3 Å². The van der Waals surface area contributed by atoms with E-state index in [9.17, 15) is 0 Å². The van der Waals surface area contributed by atoms with Crippen LogP contribution >= 0.6 is 0 Å². The van der Waals surface area contributed by atoms with Crippen LogP contribution in [0, 0.1) is 5.92 Å². The summed E-state index contributed by atoms with van der Waals surface area (Å²) in [6.07, 6.45) is 1.23. The zero-order chi connectivity index (χ0) is 11.1. The lowest BCUT2D eigenvalue weighted by molar-refractivity contribution is 0.414. The number of hydrogen-bond acceptors (Lipinski definition) is 2. The van der Waals surface area contributed by atoms with Crippen molar-refractivity contribution in [2.24, 2.45) is 5.92 Å². The standard InChI is InChI=1S/C13H21NO/c1-11(2)8-9-14-10-12-4-6-13(15-3)7-5-12/h4-7,11,14H,8-10H2,1-3H3. The van der Waals surface area contributed by atoms with Crippen molar-refractivity contribution in [2.45, 2.75) is 26.8 Å². The molecule has 1 N–H and O–H groups in total. The Morgan fingerprint density at radius 2 is 1.87 bits per heavy atom. The molecular formula is C13H21NO. The van der Waals surface area contributed by atoms with Gasteiger partial charge in [0, 0.05) is 6.54 Å². The highest BCUT2D eigenvalue weighted by Crippen LogP contribution is 2.10. The summed E-state index contributed by atoms with van der Waals surface area (Å²) in [5, 5.41) is 3.43. The van der Waals surface area contributed by atoms with E-state index in [0.717, 1.165) is 24.8 Å². The maximum absolute atomic E-state index is 5.11. The Bertz CT molecular complexity index is 266. The summed E-state index contributed by atoms with van der Waals surface area (Å²) in [5.74, 6) is 1.69. The highest BCUT2D eigenvalue weighted by Gasteiger charge is 1.95. The Balaban J connectivity index is 2.25. The second-order valence-electron chi connectivity index (χ2n) is 4.21. The van der Waals surface area contributed by atoms with Gasteiger partial charge in [-0.25, -0.2) is 0 Å². The van der Waals surface area contributed by atoms with E-state index in [-0.39, 0.29) is 0 Å². The molecule has 0 atom stereocenters. The van der Waals surface area contributed by atoms with Crippen molar-refractivity contribution in [1.82, 2.24) is 5.32 Å². The second-order valence-corrected chi connectivity index (χ2v) is 4.21. The van der Waals surface area contributed by atoms with Crippen LogP contribution in [0.3, 0.4) is 0 Å². The molecule has 0 amide bonds. The molecular weight excluding hydrogens is 186 g/mol. The van der Waals surface area contributed by atoms with Gasteiger partial charge in [-0.15, -0.1) is 0 Å². The maximum Gasteiger partial charge on any atom is 0.118 e. The maximum atomic E-state index is 5.11. The van der Waals surface area contributed by atoms with Crippen molar-refractivity contribution in [3.63, 3.8) is 0 Å². The molecule has 0 fully saturated rings. The van der Waals surface area contributed by atoms with Gasteiger partial charge in [0.05, 0.1) is 7.11 Å². The molecule has 0 bridgehead atoms. The van der Waals surface area contributed by atoms with Crippen LogP contribution in [0.15, 0.2) is 24.3 Å². The van der Waals surface area contributed by atoms with E-state index in [1.807, 2.05) is 12.1 Å². The number of nitrogens with one attached hydrogen (secondary N) is 1. The predicted octanol–water partition coefficient (Wildman–Crippen LogP) is 2.83. The fourth-order valence-electron chi connectivity index (χ4n) is 1.37. The van der Waals surface area contributed by atoms with Gasteiger partial charge in [0.25, 0.3) is 0 Å². The van der Waals surface area contributed by atoms with Crippen molar-refractivity contribution >= 4 is 0 Å². The molecule has 0 spiro atoms. The van der Waals surface area contributed by atoms with Crippen molar-refractivity contribution in [1.29, 1.82) is 0 Å². The third-order valence-electron chi connectivity index (χ3n) is 2.39. The summed E-state index contributed by atoms with van der Waals surface area (Å²) in [6.45, 7) is 6.52. The molecule has 0 radical (unpaired) electrons. The van der Waals surface area contributed by atoms with Crippen LogP contribution in [0.5, 0.6) is 5.75 Å². The molecule has 1 rings (SSSR count). The minimum Gasteiger partial charge on any atom is -0.497 e. The van der Waals surface area contributed by atoms with E-state index < -0.39 is 0 Å². The van der Waals surface area contributed by atoms with Crippen LogP contribution in [0.4, 0.5) is 0 Å². The van der Waals surface area contributed by atoms with Gasteiger partial charge in [-0.2, -0.15) is 0 Å². The highest BCUT2D eigenvalue weighted by atomic mass is 16.5. The zero-order valence-corrected chi connectivity index (χ0v) is 9.92. The quantitative estimate of drug-likeness (QED) is 0.724. The summed E-state index contributed by atoms with van der Waals surface area (Å²) in [7, 11) is 1.69. The monoisotopic (exact) mass is 207 g/mol. The zero-order valence-electron chi connectivity index (χ0n) is 9.92. The normalized spacial score (nSPS) is 10.7. The van der Waals surface area contributed by atoms with Crippen LogP contribution in [-0.4, -0.2) is 13.7 Å². The van der Waals surface area contributed by atoms with Gasteiger partial charge in [0.15, 0.2) is 0 Å². The lowest BCUT2D eigenvalue weighted by Gasteiger charge is -2.07. The minimum absolute atomic E-state index is 0.772. The Labute approximate surface area is 92.6 Å². The van der Waals surface area contributed by atoms with Gasteiger partial charge < -0.3 is 10.1 Å². The molecule has 84 valence electrons. The van der Waals surface area contributed by atoms with Crippen molar-refractivity contribution in [2.75, 3.05) is 13.7 Å². The Kier molecular flexibility index (Phi) is 5.19. The van der Waals surface area contributed by atoms with Gasteiger partial charge in [-0.05, 0) is 36.6 Å². The average Bonchev–Trinajstić information content (AvgIpc) is 2.25. The van der Waals surface area contributed by atoms with E-state index in [4.69, 9.17) is 4.74 Å². The van der Waals surface area contributed by atoms with Gasteiger partial charge in [-0.1, -0.05) is 26.0 Å². The van der Waals surface area contributed by atoms with Crippen molar-refractivity contribution in [3.8, 4) is 5.75 Å². The predicted molar refractivity (Wildman–Crippen MR) is 64.2 cm³/mol. The molecule has 0 aliphatic heterocycles. The van der Waals surface area contributed by atoms with Crippen LogP contribution in [0.1, 0.15) is 25.8 Å². The van der Waals surface area contributed by atoms with Crippen LogP contribution in [0.25, 0.3) is 0 Å². The summed E-state index contributed by atoms with van der Waals surface area (Å²) < 4.78 is 5.11. The van der Waals surface area contributed by atoms with Crippen molar-refractivity contribution in [3.05, 3.63) is 29.8 Å². The topological polar surface area (TPSA) is 21.3 Å². The van der Waals surface area contributed by atoms with Crippen LogP contribution in [0.2, 0.25) is 0 Å². The van der Waals surface area contributed by atoms with Gasteiger partial charge >= 0.3 is 0 Å². The average molecular weight is 207 g/mol. The van der Waals surface area contributed by atoms with Gasteiger partial charge in [0.1, 0.15) is 5.75 Å². The largest absolute Gasteiger partial charge is 0.497 e. The van der Waals surface area contributed by atoms with E-state index in [1.165, 1.54) is 12.0 Å². The molecule has 15 heavy (non-hydrogen) atoms. The summed E-state index contributed by atoms with van der Waals surface area (Å²) in [5.41, 5.74) is 1.31. The summed E-state index contributed by atoms with van der Waals surface area (Å²) in [6, 6.07) is 8.20. The molecule has 2 heteroatoms. The molecule has 1 aromatic rings. The number of benzene rings is 1. The van der Waals surface area contributed by atoms with E-state index >= 15 is 0 Å². The number of rotatable bonds is 6. The molecule has 1 aromatic carbocycles. The minimum atomic E-state index is 0.772. The molecule has 2 nitrogen and oxygen atoms in total. The van der Waals surface area contributed by atoms with Crippen molar-refractivity contribution < 1.29 is 4.74 Å².